The zero-order chi connectivity index (χ0) is 6.85. The average molecular weight is 128 g/mol. The maximum Gasteiger partial charge on any atom is 0.315 e. The zero-order valence-corrected chi connectivity index (χ0v) is 5.77. The Bertz CT molecular complexity index is 124. The van der Waals surface area contributed by atoms with Gasteiger partial charge in [-0.25, -0.2) is 4.79 Å². The first-order chi connectivity index (χ1) is 4.24. The molecule has 0 radical (unpaired) electrons. The van der Waals surface area contributed by atoms with Gasteiger partial charge in [0.15, 0.2) is 0 Å². The molecule has 0 saturated carbocycles. The lowest BCUT2D eigenvalue weighted by atomic mass is 10.1. The fourth-order valence-electron chi connectivity index (χ4n) is 1.10. The van der Waals surface area contributed by atoms with Crippen molar-refractivity contribution in [3.8, 4) is 0 Å². The summed E-state index contributed by atoms with van der Waals surface area (Å²) in [5.41, 5.74) is 0. The third-order valence-electron chi connectivity index (χ3n) is 1.72. The maximum absolute atomic E-state index is 10.6. The van der Waals surface area contributed by atoms with E-state index in [0.29, 0.717) is 12.1 Å². The molecule has 0 unspecified atom stereocenters. The van der Waals surface area contributed by atoms with Crippen molar-refractivity contribution in [2.45, 2.75) is 32.4 Å². The molecule has 0 aromatic rings. The van der Waals surface area contributed by atoms with Gasteiger partial charge in [-0.1, -0.05) is 6.92 Å². The van der Waals surface area contributed by atoms with Crippen molar-refractivity contribution in [2.75, 3.05) is 0 Å². The largest absolute Gasteiger partial charge is 0.334 e. The average Bonchev–Trinajstić information content (AvgIpc) is 2.10. The first kappa shape index (κ1) is 6.39. The van der Waals surface area contributed by atoms with E-state index in [0.717, 1.165) is 6.42 Å². The van der Waals surface area contributed by atoms with Crippen LogP contribution in [0.4, 0.5) is 4.79 Å². The van der Waals surface area contributed by atoms with E-state index in [1.54, 1.807) is 0 Å². The minimum Gasteiger partial charge on any atom is -0.334 e. The third-order valence-corrected chi connectivity index (χ3v) is 1.72. The smallest absolute Gasteiger partial charge is 0.315 e. The Balaban J connectivity index is 2.47. The van der Waals surface area contributed by atoms with E-state index in [9.17, 15) is 4.79 Å². The van der Waals surface area contributed by atoms with Gasteiger partial charge in [-0.3, -0.25) is 0 Å². The highest BCUT2D eigenvalue weighted by Crippen LogP contribution is 2.03. The number of nitrogens with one attached hydrogen (secondary N) is 2. The monoisotopic (exact) mass is 128 g/mol. The summed E-state index contributed by atoms with van der Waals surface area (Å²) in [4.78, 5) is 10.6. The Morgan fingerprint density at radius 3 is 2.44 bits per heavy atom. The van der Waals surface area contributed by atoms with Gasteiger partial charge in [0, 0.05) is 6.04 Å². The molecule has 0 bridgehead atoms. The molecule has 2 amide bonds. The maximum atomic E-state index is 10.6. The summed E-state index contributed by atoms with van der Waals surface area (Å²) in [5, 5.41) is 5.57. The Hall–Kier alpha value is -0.730. The molecule has 1 fully saturated rings. The Morgan fingerprint density at radius 2 is 2.22 bits per heavy atom. The topological polar surface area (TPSA) is 41.1 Å². The zero-order valence-electron chi connectivity index (χ0n) is 5.77. The number of amides is 2. The van der Waals surface area contributed by atoms with Crippen LogP contribution in [0, 0.1) is 0 Å². The van der Waals surface area contributed by atoms with Crippen LogP contribution in [0.3, 0.4) is 0 Å². The fraction of sp³-hybridized carbons (Fsp3) is 0.833. The molecule has 3 nitrogen and oxygen atoms in total. The molecule has 0 aromatic heterocycles. The van der Waals surface area contributed by atoms with Crippen molar-refractivity contribution in [2.24, 2.45) is 0 Å². The molecular formula is C6H12N2O. The molecule has 1 heterocycles. The first-order valence-corrected chi connectivity index (χ1v) is 3.31. The molecule has 1 saturated heterocycles. The van der Waals surface area contributed by atoms with Crippen molar-refractivity contribution in [1.82, 2.24) is 10.6 Å². The van der Waals surface area contributed by atoms with Crippen LogP contribution in [-0.2, 0) is 0 Å². The van der Waals surface area contributed by atoms with Crippen LogP contribution < -0.4 is 10.6 Å². The van der Waals surface area contributed by atoms with Gasteiger partial charge in [-0.15, -0.1) is 0 Å². The van der Waals surface area contributed by atoms with Gasteiger partial charge in [0.1, 0.15) is 0 Å². The molecule has 0 spiro atoms. The molecule has 2 atom stereocenters. The van der Waals surface area contributed by atoms with Gasteiger partial charge in [0.2, 0.25) is 0 Å². The van der Waals surface area contributed by atoms with Crippen LogP contribution in [0.5, 0.6) is 0 Å². The van der Waals surface area contributed by atoms with Crippen LogP contribution in [0.2, 0.25) is 0 Å². The number of hydrogen-bond donors (Lipinski definition) is 2. The number of rotatable bonds is 1. The number of carbonyl (C=O) groups is 1. The van der Waals surface area contributed by atoms with Crippen LogP contribution in [0.1, 0.15) is 20.3 Å². The van der Waals surface area contributed by atoms with Gasteiger partial charge in [0.05, 0.1) is 6.04 Å². The summed E-state index contributed by atoms with van der Waals surface area (Å²) in [5.74, 6) is 0. The molecule has 1 aliphatic heterocycles. The predicted octanol–water partition coefficient (Wildman–Crippen LogP) is 0.466. The molecule has 2 N–H and O–H groups in total. The lowest BCUT2D eigenvalue weighted by Gasteiger charge is -2.09. The van der Waals surface area contributed by atoms with Gasteiger partial charge in [-0.2, -0.15) is 0 Å². The normalized spacial score (nSPS) is 33.8. The third kappa shape index (κ3) is 1.15. The molecule has 3 heteroatoms. The van der Waals surface area contributed by atoms with E-state index < -0.39 is 0 Å². The van der Waals surface area contributed by atoms with Gasteiger partial charge in [0.25, 0.3) is 0 Å². The minimum absolute atomic E-state index is 0.0330. The summed E-state index contributed by atoms with van der Waals surface area (Å²) in [7, 11) is 0. The highest BCUT2D eigenvalue weighted by molar-refractivity contribution is 5.77. The lowest BCUT2D eigenvalue weighted by Crippen LogP contribution is -2.29. The van der Waals surface area contributed by atoms with Crippen molar-refractivity contribution >= 4 is 6.03 Å². The van der Waals surface area contributed by atoms with E-state index in [1.165, 1.54) is 0 Å². The SMILES string of the molecule is CC[C@H]1NC(=O)N[C@H]1C. The molecular weight excluding hydrogens is 116 g/mol. The Labute approximate surface area is 54.8 Å². The second-order valence-corrected chi connectivity index (χ2v) is 2.42. The number of carbonyl (C=O) groups excluding carboxylic acids is 1. The quantitative estimate of drug-likeness (QED) is 0.529. The van der Waals surface area contributed by atoms with Crippen molar-refractivity contribution in [3.05, 3.63) is 0 Å². The van der Waals surface area contributed by atoms with Crippen LogP contribution in [0.15, 0.2) is 0 Å². The standard InChI is InChI=1S/C6H12N2O/c1-3-5-4(2)7-6(9)8-5/h4-5H,3H2,1-2H3,(H2,7,8,9)/t4-,5+/m0/s1. The first-order valence-electron chi connectivity index (χ1n) is 3.31. The van der Waals surface area contributed by atoms with Crippen LogP contribution >= 0.6 is 0 Å². The van der Waals surface area contributed by atoms with Crippen molar-refractivity contribution < 1.29 is 4.79 Å². The van der Waals surface area contributed by atoms with Crippen molar-refractivity contribution in [3.63, 3.8) is 0 Å². The summed E-state index contributed by atoms with van der Waals surface area (Å²) in [6.45, 7) is 4.07. The van der Waals surface area contributed by atoms with E-state index in [4.69, 9.17) is 0 Å². The van der Waals surface area contributed by atoms with Gasteiger partial charge >= 0.3 is 6.03 Å². The lowest BCUT2D eigenvalue weighted by molar-refractivity contribution is 0.247. The number of urea groups is 1. The van der Waals surface area contributed by atoms with E-state index in [-0.39, 0.29) is 6.03 Å². The molecule has 9 heavy (non-hydrogen) atoms. The fourth-order valence-corrected chi connectivity index (χ4v) is 1.10. The summed E-state index contributed by atoms with van der Waals surface area (Å²) in [6.07, 6.45) is 1.000. The Kier molecular flexibility index (Phi) is 1.60. The molecule has 0 aromatic carbocycles. The summed E-state index contributed by atoms with van der Waals surface area (Å²) >= 11 is 0. The summed E-state index contributed by atoms with van der Waals surface area (Å²) in [6, 6.07) is 0.592. The summed E-state index contributed by atoms with van der Waals surface area (Å²) < 4.78 is 0. The van der Waals surface area contributed by atoms with Crippen molar-refractivity contribution in [1.29, 1.82) is 0 Å². The number of hydrogen-bond acceptors (Lipinski definition) is 1. The molecule has 1 aliphatic rings. The van der Waals surface area contributed by atoms with Gasteiger partial charge in [-0.05, 0) is 13.3 Å². The van der Waals surface area contributed by atoms with E-state index in [2.05, 4.69) is 17.6 Å². The van der Waals surface area contributed by atoms with Crippen LogP contribution in [-0.4, -0.2) is 18.1 Å². The van der Waals surface area contributed by atoms with E-state index in [1.807, 2.05) is 6.92 Å². The van der Waals surface area contributed by atoms with E-state index >= 15 is 0 Å². The second kappa shape index (κ2) is 2.25. The van der Waals surface area contributed by atoms with Gasteiger partial charge < -0.3 is 10.6 Å². The second-order valence-electron chi connectivity index (χ2n) is 2.42. The molecule has 1 rings (SSSR count). The minimum atomic E-state index is -0.0330. The Morgan fingerprint density at radius 1 is 1.56 bits per heavy atom. The molecule has 52 valence electrons. The molecule has 0 aliphatic carbocycles. The predicted molar refractivity (Wildman–Crippen MR) is 35.2 cm³/mol. The highest BCUT2D eigenvalue weighted by Gasteiger charge is 2.25. The highest BCUT2D eigenvalue weighted by atomic mass is 16.2. The van der Waals surface area contributed by atoms with Crippen LogP contribution in [0.25, 0.3) is 0 Å².